The number of hydrogen-bond donors (Lipinski definition) is 1. The van der Waals surface area contributed by atoms with Gasteiger partial charge in [-0.3, -0.25) is 0 Å². The SMILES string of the molecule is CCNc1cc(-c2cccc(OC)c2F)nc(C)n1. The second kappa shape index (κ2) is 5.65. The number of ether oxygens (including phenoxy) is 1. The molecule has 0 fully saturated rings. The molecule has 5 heteroatoms. The van der Waals surface area contributed by atoms with E-state index in [0.717, 1.165) is 6.54 Å². The molecule has 0 radical (unpaired) electrons. The van der Waals surface area contributed by atoms with Crippen LogP contribution in [0.3, 0.4) is 0 Å². The van der Waals surface area contributed by atoms with E-state index in [9.17, 15) is 4.39 Å². The van der Waals surface area contributed by atoms with Crippen LogP contribution in [-0.2, 0) is 0 Å². The molecule has 0 saturated heterocycles. The summed E-state index contributed by atoms with van der Waals surface area (Å²) in [6.07, 6.45) is 0. The Morgan fingerprint density at radius 2 is 2.11 bits per heavy atom. The molecule has 0 amide bonds. The summed E-state index contributed by atoms with van der Waals surface area (Å²) < 4.78 is 19.2. The van der Waals surface area contributed by atoms with Crippen LogP contribution < -0.4 is 10.1 Å². The molecule has 0 aliphatic rings. The van der Waals surface area contributed by atoms with Gasteiger partial charge in [0.1, 0.15) is 11.6 Å². The van der Waals surface area contributed by atoms with Crippen molar-refractivity contribution in [3.8, 4) is 17.0 Å². The lowest BCUT2D eigenvalue weighted by molar-refractivity contribution is 0.387. The van der Waals surface area contributed by atoms with Gasteiger partial charge in [0.15, 0.2) is 11.6 Å². The molecule has 19 heavy (non-hydrogen) atoms. The molecule has 2 aromatic rings. The summed E-state index contributed by atoms with van der Waals surface area (Å²) in [6.45, 7) is 4.50. The van der Waals surface area contributed by atoms with Crippen molar-refractivity contribution in [3.63, 3.8) is 0 Å². The topological polar surface area (TPSA) is 47.0 Å². The van der Waals surface area contributed by atoms with E-state index in [0.29, 0.717) is 22.9 Å². The minimum atomic E-state index is -0.412. The number of nitrogens with zero attached hydrogens (tertiary/aromatic N) is 2. The van der Waals surface area contributed by atoms with Gasteiger partial charge < -0.3 is 10.1 Å². The number of halogens is 1. The zero-order chi connectivity index (χ0) is 13.8. The molecular formula is C14H16FN3O. The standard InChI is InChI=1S/C14H16FN3O/c1-4-16-13-8-11(17-9(2)18-13)10-6-5-7-12(19-3)14(10)15/h5-8H,4H2,1-3H3,(H,16,17,18). The number of aryl methyl sites for hydroxylation is 1. The fourth-order valence-corrected chi connectivity index (χ4v) is 1.84. The van der Waals surface area contributed by atoms with Crippen LogP contribution in [0.4, 0.5) is 10.2 Å². The van der Waals surface area contributed by atoms with Crippen LogP contribution >= 0.6 is 0 Å². The number of hydrogen-bond acceptors (Lipinski definition) is 4. The van der Waals surface area contributed by atoms with Gasteiger partial charge in [0.2, 0.25) is 0 Å². The van der Waals surface area contributed by atoms with Crippen LogP contribution in [0.25, 0.3) is 11.3 Å². The number of nitrogens with one attached hydrogen (secondary N) is 1. The quantitative estimate of drug-likeness (QED) is 0.919. The number of aromatic nitrogens is 2. The van der Waals surface area contributed by atoms with Gasteiger partial charge in [0.25, 0.3) is 0 Å². The van der Waals surface area contributed by atoms with Crippen LogP contribution in [0.2, 0.25) is 0 Å². The van der Waals surface area contributed by atoms with Crippen molar-refractivity contribution in [2.24, 2.45) is 0 Å². The van der Waals surface area contributed by atoms with Crippen LogP contribution in [0.5, 0.6) is 5.75 Å². The van der Waals surface area contributed by atoms with Gasteiger partial charge in [0.05, 0.1) is 12.8 Å². The highest BCUT2D eigenvalue weighted by Crippen LogP contribution is 2.28. The first-order chi connectivity index (χ1) is 9.15. The third kappa shape index (κ3) is 2.81. The van der Waals surface area contributed by atoms with E-state index in [1.54, 1.807) is 31.2 Å². The van der Waals surface area contributed by atoms with E-state index in [2.05, 4.69) is 15.3 Å². The van der Waals surface area contributed by atoms with Gasteiger partial charge in [0, 0.05) is 18.2 Å². The van der Waals surface area contributed by atoms with Crippen molar-refractivity contribution in [2.75, 3.05) is 19.0 Å². The molecule has 1 aromatic carbocycles. The van der Waals surface area contributed by atoms with Gasteiger partial charge in [-0.2, -0.15) is 0 Å². The minimum absolute atomic E-state index is 0.207. The van der Waals surface area contributed by atoms with Crippen LogP contribution in [0.15, 0.2) is 24.3 Å². The predicted octanol–water partition coefficient (Wildman–Crippen LogP) is 3.03. The molecular weight excluding hydrogens is 245 g/mol. The normalized spacial score (nSPS) is 10.3. The first-order valence-electron chi connectivity index (χ1n) is 6.08. The summed E-state index contributed by atoms with van der Waals surface area (Å²) in [6, 6.07) is 6.73. The fraction of sp³-hybridized carbons (Fsp3) is 0.286. The zero-order valence-electron chi connectivity index (χ0n) is 11.2. The molecule has 1 N–H and O–H groups in total. The molecule has 1 heterocycles. The van der Waals surface area contributed by atoms with Crippen molar-refractivity contribution >= 4 is 5.82 Å². The van der Waals surface area contributed by atoms with Crippen LogP contribution in [-0.4, -0.2) is 23.6 Å². The molecule has 0 unspecified atom stereocenters. The second-order valence-electron chi connectivity index (χ2n) is 4.04. The van der Waals surface area contributed by atoms with Crippen molar-refractivity contribution in [2.45, 2.75) is 13.8 Å². The van der Waals surface area contributed by atoms with Gasteiger partial charge in [-0.05, 0) is 26.0 Å². The van der Waals surface area contributed by atoms with Crippen LogP contribution in [0, 0.1) is 12.7 Å². The van der Waals surface area contributed by atoms with E-state index >= 15 is 0 Å². The smallest absolute Gasteiger partial charge is 0.174 e. The Morgan fingerprint density at radius 3 is 2.79 bits per heavy atom. The number of rotatable bonds is 4. The Morgan fingerprint density at radius 1 is 1.32 bits per heavy atom. The third-order valence-corrected chi connectivity index (χ3v) is 2.65. The van der Waals surface area contributed by atoms with Gasteiger partial charge in [-0.1, -0.05) is 6.07 Å². The summed E-state index contributed by atoms with van der Waals surface area (Å²) in [5.41, 5.74) is 0.948. The Labute approximate surface area is 111 Å². The molecule has 0 spiro atoms. The molecule has 100 valence electrons. The first-order valence-corrected chi connectivity index (χ1v) is 6.08. The molecule has 4 nitrogen and oxygen atoms in total. The summed E-state index contributed by atoms with van der Waals surface area (Å²) in [4.78, 5) is 8.52. The maximum absolute atomic E-state index is 14.2. The van der Waals surface area contributed by atoms with E-state index < -0.39 is 5.82 Å². The van der Waals surface area contributed by atoms with E-state index in [-0.39, 0.29) is 5.75 Å². The Hall–Kier alpha value is -2.17. The maximum Gasteiger partial charge on any atom is 0.174 e. The lowest BCUT2D eigenvalue weighted by Crippen LogP contribution is -2.03. The molecule has 0 aliphatic heterocycles. The van der Waals surface area contributed by atoms with Crippen molar-refractivity contribution in [1.29, 1.82) is 0 Å². The van der Waals surface area contributed by atoms with Crippen molar-refractivity contribution in [1.82, 2.24) is 9.97 Å². The highest BCUT2D eigenvalue weighted by atomic mass is 19.1. The van der Waals surface area contributed by atoms with Gasteiger partial charge >= 0.3 is 0 Å². The molecule has 0 saturated carbocycles. The molecule has 0 bridgehead atoms. The third-order valence-electron chi connectivity index (χ3n) is 2.65. The Bertz CT molecular complexity index is 587. The average molecular weight is 261 g/mol. The van der Waals surface area contributed by atoms with Crippen molar-refractivity contribution < 1.29 is 9.13 Å². The summed E-state index contributed by atoms with van der Waals surface area (Å²) >= 11 is 0. The van der Waals surface area contributed by atoms with Gasteiger partial charge in [-0.15, -0.1) is 0 Å². The van der Waals surface area contributed by atoms with E-state index in [4.69, 9.17) is 4.74 Å². The largest absolute Gasteiger partial charge is 0.494 e. The first kappa shape index (κ1) is 13.3. The summed E-state index contributed by atoms with van der Waals surface area (Å²) in [5, 5.41) is 3.10. The molecule has 0 atom stereocenters. The Balaban J connectivity index is 2.52. The zero-order valence-corrected chi connectivity index (χ0v) is 11.2. The second-order valence-corrected chi connectivity index (χ2v) is 4.04. The minimum Gasteiger partial charge on any atom is -0.494 e. The van der Waals surface area contributed by atoms with Crippen LogP contribution in [0.1, 0.15) is 12.7 Å². The van der Waals surface area contributed by atoms with E-state index in [1.807, 2.05) is 6.92 Å². The highest BCUT2D eigenvalue weighted by Gasteiger charge is 2.12. The highest BCUT2D eigenvalue weighted by molar-refractivity contribution is 5.65. The average Bonchev–Trinajstić information content (AvgIpc) is 2.38. The number of anilines is 1. The fourth-order valence-electron chi connectivity index (χ4n) is 1.84. The summed E-state index contributed by atoms with van der Waals surface area (Å²) in [7, 11) is 1.44. The molecule has 2 rings (SSSR count). The lowest BCUT2D eigenvalue weighted by Gasteiger charge is -2.09. The molecule has 1 aromatic heterocycles. The number of benzene rings is 1. The maximum atomic E-state index is 14.2. The van der Waals surface area contributed by atoms with Gasteiger partial charge in [-0.25, -0.2) is 14.4 Å². The lowest BCUT2D eigenvalue weighted by atomic mass is 10.1. The predicted molar refractivity (Wildman–Crippen MR) is 72.9 cm³/mol. The summed E-state index contributed by atoms with van der Waals surface area (Å²) in [5.74, 6) is 1.08. The van der Waals surface area contributed by atoms with E-state index in [1.165, 1.54) is 7.11 Å². The van der Waals surface area contributed by atoms with Crippen molar-refractivity contribution in [3.05, 3.63) is 35.9 Å². The Kier molecular flexibility index (Phi) is 3.94. The monoisotopic (exact) mass is 261 g/mol. The number of methoxy groups -OCH3 is 1. The molecule has 0 aliphatic carbocycles.